The highest BCUT2D eigenvalue weighted by Crippen LogP contribution is 2.22. The molecular formula is C14H18N2O2. The topological polar surface area (TPSA) is 38.5 Å². The Hall–Kier alpha value is -1.81. The molecule has 0 amide bonds. The lowest BCUT2D eigenvalue weighted by Gasteiger charge is -2.05. The number of ether oxygens (including phenoxy) is 1. The van der Waals surface area contributed by atoms with E-state index in [-0.39, 0.29) is 0 Å². The minimum absolute atomic E-state index is 0.843. The summed E-state index contributed by atoms with van der Waals surface area (Å²) in [6.07, 6.45) is 0.871. The van der Waals surface area contributed by atoms with E-state index in [0.29, 0.717) is 0 Å². The van der Waals surface area contributed by atoms with Crippen molar-refractivity contribution in [3.05, 3.63) is 36.1 Å². The third-order valence-corrected chi connectivity index (χ3v) is 2.75. The number of benzene rings is 1. The average Bonchev–Trinajstić information content (AvgIpc) is 2.85. The van der Waals surface area contributed by atoms with Gasteiger partial charge in [0, 0.05) is 24.6 Å². The summed E-state index contributed by atoms with van der Waals surface area (Å²) in [5.74, 6) is 1.75. The quantitative estimate of drug-likeness (QED) is 0.812. The van der Waals surface area contributed by atoms with Crippen LogP contribution in [0.15, 0.2) is 34.9 Å². The standard InChI is InChI=1S/C14H18N2O2/c1-16(2)9-8-13-10-14(15-18-13)11-4-6-12(17-3)7-5-11/h4-7,10H,8-9H2,1-3H3. The summed E-state index contributed by atoms with van der Waals surface area (Å²) in [7, 11) is 5.74. The molecule has 0 spiro atoms. The Morgan fingerprint density at radius 1 is 1.22 bits per heavy atom. The van der Waals surface area contributed by atoms with E-state index in [9.17, 15) is 0 Å². The summed E-state index contributed by atoms with van der Waals surface area (Å²) in [6.45, 7) is 0.956. The van der Waals surface area contributed by atoms with Gasteiger partial charge in [-0.15, -0.1) is 0 Å². The number of nitrogens with zero attached hydrogens (tertiary/aromatic N) is 2. The molecule has 1 aromatic heterocycles. The maximum absolute atomic E-state index is 5.32. The molecule has 0 aliphatic carbocycles. The smallest absolute Gasteiger partial charge is 0.138 e. The first-order chi connectivity index (χ1) is 8.69. The molecule has 0 saturated heterocycles. The minimum Gasteiger partial charge on any atom is -0.497 e. The zero-order valence-electron chi connectivity index (χ0n) is 11.0. The molecule has 0 aliphatic heterocycles. The first-order valence-corrected chi connectivity index (χ1v) is 5.94. The van der Waals surface area contributed by atoms with Crippen LogP contribution < -0.4 is 4.74 Å². The van der Waals surface area contributed by atoms with Crippen LogP contribution in [0.25, 0.3) is 11.3 Å². The zero-order chi connectivity index (χ0) is 13.0. The molecule has 0 N–H and O–H groups in total. The second kappa shape index (κ2) is 5.69. The molecule has 0 unspecified atom stereocenters. The molecular weight excluding hydrogens is 228 g/mol. The van der Waals surface area contributed by atoms with Crippen LogP contribution in [-0.2, 0) is 6.42 Å². The molecule has 0 saturated carbocycles. The van der Waals surface area contributed by atoms with E-state index in [4.69, 9.17) is 9.26 Å². The third-order valence-electron chi connectivity index (χ3n) is 2.75. The molecule has 0 aliphatic rings. The van der Waals surface area contributed by atoms with Gasteiger partial charge in [-0.05, 0) is 38.4 Å². The summed E-state index contributed by atoms with van der Waals surface area (Å²) in [4.78, 5) is 2.12. The fourth-order valence-corrected chi connectivity index (χ4v) is 1.66. The van der Waals surface area contributed by atoms with E-state index in [1.807, 2.05) is 44.4 Å². The number of rotatable bonds is 5. The Labute approximate surface area is 107 Å². The van der Waals surface area contributed by atoms with Crippen molar-refractivity contribution in [2.24, 2.45) is 0 Å². The van der Waals surface area contributed by atoms with Crippen LogP contribution >= 0.6 is 0 Å². The molecule has 4 heteroatoms. The van der Waals surface area contributed by atoms with Crippen LogP contribution in [0.3, 0.4) is 0 Å². The number of aromatic nitrogens is 1. The van der Waals surface area contributed by atoms with Crippen LogP contribution in [0, 0.1) is 0 Å². The normalized spacial score (nSPS) is 10.9. The summed E-state index contributed by atoms with van der Waals surface area (Å²) in [5, 5.41) is 4.09. The van der Waals surface area contributed by atoms with E-state index < -0.39 is 0 Å². The van der Waals surface area contributed by atoms with E-state index >= 15 is 0 Å². The molecule has 1 heterocycles. The Kier molecular flexibility index (Phi) is 3.99. The minimum atomic E-state index is 0.843. The molecule has 1 aromatic carbocycles. The van der Waals surface area contributed by atoms with Gasteiger partial charge in [-0.3, -0.25) is 0 Å². The average molecular weight is 246 g/mol. The highest BCUT2D eigenvalue weighted by molar-refractivity contribution is 5.59. The molecule has 0 atom stereocenters. The van der Waals surface area contributed by atoms with Crippen LogP contribution in [0.4, 0.5) is 0 Å². The van der Waals surface area contributed by atoms with Crippen molar-refractivity contribution in [2.45, 2.75) is 6.42 Å². The van der Waals surface area contributed by atoms with Crippen molar-refractivity contribution in [1.29, 1.82) is 0 Å². The van der Waals surface area contributed by atoms with Crippen molar-refractivity contribution in [3.8, 4) is 17.0 Å². The summed E-state index contributed by atoms with van der Waals surface area (Å²) in [5.41, 5.74) is 1.90. The van der Waals surface area contributed by atoms with Gasteiger partial charge in [-0.1, -0.05) is 5.16 Å². The lowest BCUT2D eigenvalue weighted by molar-refractivity contribution is 0.350. The molecule has 4 nitrogen and oxygen atoms in total. The van der Waals surface area contributed by atoms with Gasteiger partial charge in [-0.25, -0.2) is 0 Å². The second-order valence-electron chi connectivity index (χ2n) is 4.46. The van der Waals surface area contributed by atoms with Crippen LogP contribution in [0.1, 0.15) is 5.76 Å². The maximum atomic E-state index is 5.32. The Balaban J connectivity index is 2.08. The predicted octanol–water partition coefficient (Wildman–Crippen LogP) is 2.45. The summed E-state index contributed by atoms with van der Waals surface area (Å²) < 4.78 is 10.4. The fraction of sp³-hybridized carbons (Fsp3) is 0.357. The van der Waals surface area contributed by atoms with Gasteiger partial charge in [0.25, 0.3) is 0 Å². The largest absolute Gasteiger partial charge is 0.497 e. The lowest BCUT2D eigenvalue weighted by Crippen LogP contribution is -2.14. The van der Waals surface area contributed by atoms with Crippen LogP contribution in [0.5, 0.6) is 5.75 Å². The molecule has 2 rings (SSSR count). The van der Waals surface area contributed by atoms with Crippen molar-refractivity contribution >= 4 is 0 Å². The molecule has 96 valence electrons. The monoisotopic (exact) mass is 246 g/mol. The number of likely N-dealkylation sites (N-methyl/N-ethyl adjacent to an activating group) is 1. The van der Waals surface area contributed by atoms with Gasteiger partial charge in [0.15, 0.2) is 0 Å². The second-order valence-corrected chi connectivity index (χ2v) is 4.46. The van der Waals surface area contributed by atoms with Crippen molar-refractivity contribution in [1.82, 2.24) is 10.1 Å². The van der Waals surface area contributed by atoms with E-state index in [1.54, 1.807) is 7.11 Å². The molecule has 0 bridgehead atoms. The van der Waals surface area contributed by atoms with Gasteiger partial charge >= 0.3 is 0 Å². The van der Waals surface area contributed by atoms with E-state index in [1.165, 1.54) is 0 Å². The Morgan fingerprint density at radius 3 is 2.56 bits per heavy atom. The van der Waals surface area contributed by atoms with E-state index in [2.05, 4.69) is 10.1 Å². The SMILES string of the molecule is COc1ccc(-c2cc(CCN(C)C)on2)cc1. The fourth-order valence-electron chi connectivity index (χ4n) is 1.66. The molecule has 18 heavy (non-hydrogen) atoms. The first-order valence-electron chi connectivity index (χ1n) is 5.94. The number of methoxy groups -OCH3 is 1. The van der Waals surface area contributed by atoms with Gasteiger partial charge in [0.2, 0.25) is 0 Å². The molecule has 0 fully saturated rings. The zero-order valence-corrected chi connectivity index (χ0v) is 11.0. The van der Waals surface area contributed by atoms with Crippen molar-refractivity contribution < 1.29 is 9.26 Å². The molecule has 2 aromatic rings. The Bertz CT molecular complexity index is 489. The summed E-state index contributed by atoms with van der Waals surface area (Å²) >= 11 is 0. The van der Waals surface area contributed by atoms with Crippen LogP contribution in [0.2, 0.25) is 0 Å². The van der Waals surface area contributed by atoms with Crippen molar-refractivity contribution in [3.63, 3.8) is 0 Å². The first kappa shape index (κ1) is 12.6. The Morgan fingerprint density at radius 2 is 1.94 bits per heavy atom. The number of hydrogen-bond acceptors (Lipinski definition) is 4. The van der Waals surface area contributed by atoms with Crippen LogP contribution in [-0.4, -0.2) is 37.8 Å². The maximum Gasteiger partial charge on any atom is 0.138 e. The lowest BCUT2D eigenvalue weighted by atomic mass is 10.1. The highest BCUT2D eigenvalue weighted by Gasteiger charge is 2.07. The third kappa shape index (κ3) is 3.11. The predicted molar refractivity (Wildman–Crippen MR) is 70.7 cm³/mol. The number of hydrogen-bond donors (Lipinski definition) is 0. The van der Waals surface area contributed by atoms with Gasteiger partial charge in [0.1, 0.15) is 17.2 Å². The van der Waals surface area contributed by atoms with Gasteiger partial charge in [-0.2, -0.15) is 0 Å². The van der Waals surface area contributed by atoms with Gasteiger partial charge < -0.3 is 14.2 Å². The van der Waals surface area contributed by atoms with Crippen molar-refractivity contribution in [2.75, 3.05) is 27.7 Å². The van der Waals surface area contributed by atoms with E-state index in [0.717, 1.165) is 35.7 Å². The molecule has 0 radical (unpaired) electrons. The summed E-state index contributed by atoms with van der Waals surface area (Å²) in [6, 6.07) is 9.79. The highest BCUT2D eigenvalue weighted by atomic mass is 16.5. The van der Waals surface area contributed by atoms with Gasteiger partial charge in [0.05, 0.1) is 7.11 Å².